The molecule has 0 saturated carbocycles. The summed E-state index contributed by atoms with van der Waals surface area (Å²) in [7, 11) is 0. The molecule has 2 aromatic carbocycles. The zero-order chi connectivity index (χ0) is 23.0. The number of nitrogens with zero attached hydrogens (tertiary/aromatic N) is 2. The van der Waals surface area contributed by atoms with Crippen molar-refractivity contribution in [3.63, 3.8) is 0 Å². The normalized spacial score (nSPS) is 14.0. The number of carbonyl (C=O) groups is 2. The maximum atomic E-state index is 13.1. The first-order valence-electron chi connectivity index (χ1n) is 11.2. The van der Waals surface area contributed by atoms with Gasteiger partial charge in [0.1, 0.15) is 11.9 Å². The zero-order valence-corrected chi connectivity index (χ0v) is 19.1. The second-order valence-electron chi connectivity index (χ2n) is 8.16. The van der Waals surface area contributed by atoms with Crippen molar-refractivity contribution in [2.24, 2.45) is 0 Å². The standard InChI is InChI=1S/C26H27ClN4O2/c27-22-10-8-21(9-11-22)25(32)30-23(16-19-6-2-1-3-7-19)26(33)29-18-20-12-13-28-24(17-20)31-14-4-5-15-31/h1-3,6-13,17,23H,4-5,14-16,18H2,(H,29,33)(H,30,32). The highest BCUT2D eigenvalue weighted by Crippen LogP contribution is 2.18. The number of amides is 2. The van der Waals surface area contributed by atoms with Crippen molar-refractivity contribution in [3.05, 3.63) is 94.6 Å². The largest absolute Gasteiger partial charge is 0.357 e. The van der Waals surface area contributed by atoms with Gasteiger partial charge in [0.15, 0.2) is 0 Å². The van der Waals surface area contributed by atoms with Gasteiger partial charge in [-0.15, -0.1) is 0 Å². The summed E-state index contributed by atoms with van der Waals surface area (Å²) in [6.45, 7) is 2.39. The molecule has 2 N–H and O–H groups in total. The highest BCUT2D eigenvalue weighted by molar-refractivity contribution is 6.30. The first kappa shape index (κ1) is 22.8. The lowest BCUT2D eigenvalue weighted by molar-refractivity contribution is -0.123. The van der Waals surface area contributed by atoms with Gasteiger partial charge >= 0.3 is 0 Å². The molecule has 1 aromatic heterocycles. The summed E-state index contributed by atoms with van der Waals surface area (Å²) in [5.74, 6) is 0.389. The van der Waals surface area contributed by atoms with Crippen LogP contribution in [0.25, 0.3) is 0 Å². The highest BCUT2D eigenvalue weighted by atomic mass is 35.5. The van der Waals surface area contributed by atoms with Crippen molar-refractivity contribution >= 4 is 29.2 Å². The molecule has 1 atom stereocenters. The fourth-order valence-corrected chi connectivity index (χ4v) is 4.03. The van der Waals surface area contributed by atoms with Gasteiger partial charge < -0.3 is 15.5 Å². The quantitative estimate of drug-likeness (QED) is 0.530. The molecule has 1 fully saturated rings. The molecule has 2 amide bonds. The van der Waals surface area contributed by atoms with E-state index >= 15 is 0 Å². The molecule has 6 nitrogen and oxygen atoms in total. The van der Waals surface area contributed by atoms with Gasteiger partial charge in [-0.25, -0.2) is 4.98 Å². The van der Waals surface area contributed by atoms with Crippen LogP contribution in [0.1, 0.15) is 34.3 Å². The Hall–Kier alpha value is -3.38. The molecule has 0 aliphatic carbocycles. The number of anilines is 1. The number of rotatable bonds is 8. The van der Waals surface area contributed by atoms with Crippen LogP contribution in [-0.4, -0.2) is 35.9 Å². The van der Waals surface area contributed by atoms with E-state index < -0.39 is 6.04 Å². The lowest BCUT2D eigenvalue weighted by Crippen LogP contribution is -2.47. The van der Waals surface area contributed by atoms with E-state index in [1.807, 2.05) is 42.5 Å². The van der Waals surface area contributed by atoms with Crippen LogP contribution in [0.4, 0.5) is 5.82 Å². The third-order valence-corrected chi connectivity index (χ3v) is 5.97. The number of aromatic nitrogens is 1. The summed E-state index contributed by atoms with van der Waals surface area (Å²) in [5, 5.41) is 6.41. The minimum Gasteiger partial charge on any atom is -0.357 e. The molecule has 4 rings (SSSR count). The Kier molecular flexibility index (Phi) is 7.58. The molecule has 33 heavy (non-hydrogen) atoms. The van der Waals surface area contributed by atoms with Crippen LogP contribution in [0.5, 0.6) is 0 Å². The van der Waals surface area contributed by atoms with E-state index in [4.69, 9.17) is 11.6 Å². The first-order chi connectivity index (χ1) is 16.1. The van der Waals surface area contributed by atoms with Crippen molar-refractivity contribution in [3.8, 4) is 0 Å². The van der Waals surface area contributed by atoms with Crippen molar-refractivity contribution in [1.82, 2.24) is 15.6 Å². The van der Waals surface area contributed by atoms with E-state index in [2.05, 4.69) is 20.5 Å². The van der Waals surface area contributed by atoms with Crippen LogP contribution in [0.3, 0.4) is 0 Å². The minimum atomic E-state index is -0.713. The maximum Gasteiger partial charge on any atom is 0.251 e. The number of pyridine rings is 1. The van der Waals surface area contributed by atoms with Gasteiger partial charge in [-0.2, -0.15) is 0 Å². The average Bonchev–Trinajstić information content (AvgIpc) is 3.38. The van der Waals surface area contributed by atoms with Crippen molar-refractivity contribution in [2.45, 2.75) is 31.8 Å². The Labute approximate surface area is 199 Å². The Balaban J connectivity index is 1.44. The predicted molar refractivity (Wildman–Crippen MR) is 130 cm³/mol. The first-order valence-corrected chi connectivity index (χ1v) is 11.5. The SMILES string of the molecule is O=C(NC(Cc1ccccc1)C(=O)NCc1ccnc(N2CCCC2)c1)c1ccc(Cl)cc1. The van der Waals surface area contributed by atoms with Crippen molar-refractivity contribution < 1.29 is 9.59 Å². The molecule has 0 radical (unpaired) electrons. The Bertz CT molecular complexity index is 1080. The van der Waals surface area contributed by atoms with Crippen LogP contribution < -0.4 is 15.5 Å². The summed E-state index contributed by atoms with van der Waals surface area (Å²) in [6, 6.07) is 19.5. The molecule has 1 saturated heterocycles. The second-order valence-corrected chi connectivity index (χ2v) is 8.59. The summed E-state index contributed by atoms with van der Waals surface area (Å²) >= 11 is 5.93. The molecule has 2 heterocycles. The van der Waals surface area contributed by atoms with E-state index in [1.165, 1.54) is 12.8 Å². The number of hydrogen-bond acceptors (Lipinski definition) is 4. The molecule has 1 unspecified atom stereocenters. The van der Waals surface area contributed by atoms with Gasteiger partial charge in [-0.3, -0.25) is 9.59 Å². The van der Waals surface area contributed by atoms with Gasteiger partial charge in [0, 0.05) is 42.8 Å². The van der Waals surface area contributed by atoms with E-state index in [1.54, 1.807) is 30.5 Å². The van der Waals surface area contributed by atoms with E-state index in [9.17, 15) is 9.59 Å². The topological polar surface area (TPSA) is 74.3 Å². The summed E-state index contributed by atoms with van der Waals surface area (Å²) in [5.41, 5.74) is 2.40. The molecule has 7 heteroatoms. The molecule has 3 aromatic rings. The fourth-order valence-electron chi connectivity index (χ4n) is 3.90. The summed E-state index contributed by atoms with van der Waals surface area (Å²) in [6.07, 6.45) is 4.52. The van der Waals surface area contributed by atoms with Crippen LogP contribution >= 0.6 is 11.6 Å². The fraction of sp³-hybridized carbons (Fsp3) is 0.269. The number of benzene rings is 2. The number of halogens is 1. The van der Waals surface area contributed by atoms with Gasteiger partial charge in [0.2, 0.25) is 5.91 Å². The van der Waals surface area contributed by atoms with Crippen LogP contribution in [0.2, 0.25) is 5.02 Å². The van der Waals surface area contributed by atoms with Crippen LogP contribution in [-0.2, 0) is 17.8 Å². The molecule has 1 aliphatic heterocycles. The van der Waals surface area contributed by atoms with Crippen LogP contribution in [0, 0.1) is 0 Å². The molecular formula is C26H27ClN4O2. The molecule has 170 valence electrons. The smallest absolute Gasteiger partial charge is 0.251 e. The molecule has 0 bridgehead atoms. The van der Waals surface area contributed by atoms with Gasteiger partial charge in [-0.1, -0.05) is 41.9 Å². The Morgan fingerprint density at radius 3 is 2.42 bits per heavy atom. The zero-order valence-electron chi connectivity index (χ0n) is 18.3. The molecule has 1 aliphatic rings. The Morgan fingerprint density at radius 1 is 0.970 bits per heavy atom. The number of carbonyl (C=O) groups excluding carboxylic acids is 2. The highest BCUT2D eigenvalue weighted by Gasteiger charge is 2.22. The van der Waals surface area contributed by atoms with E-state index in [0.717, 1.165) is 30.0 Å². The van der Waals surface area contributed by atoms with Gasteiger partial charge in [-0.05, 0) is 60.4 Å². The van der Waals surface area contributed by atoms with E-state index in [0.29, 0.717) is 23.6 Å². The van der Waals surface area contributed by atoms with Gasteiger partial charge in [0.25, 0.3) is 5.91 Å². The van der Waals surface area contributed by atoms with Crippen LogP contribution in [0.15, 0.2) is 72.9 Å². The average molecular weight is 463 g/mol. The number of nitrogens with one attached hydrogen (secondary N) is 2. The lowest BCUT2D eigenvalue weighted by Gasteiger charge is -2.20. The maximum absolute atomic E-state index is 13.1. The minimum absolute atomic E-state index is 0.235. The number of hydrogen-bond donors (Lipinski definition) is 2. The summed E-state index contributed by atoms with van der Waals surface area (Å²) < 4.78 is 0. The van der Waals surface area contributed by atoms with Crippen molar-refractivity contribution in [2.75, 3.05) is 18.0 Å². The predicted octanol–water partition coefficient (Wildman–Crippen LogP) is 3.99. The molecular weight excluding hydrogens is 436 g/mol. The molecule has 0 spiro atoms. The third-order valence-electron chi connectivity index (χ3n) is 5.72. The third kappa shape index (κ3) is 6.33. The van der Waals surface area contributed by atoms with Gasteiger partial charge in [0.05, 0.1) is 0 Å². The Morgan fingerprint density at radius 2 is 1.70 bits per heavy atom. The second kappa shape index (κ2) is 11.0. The van der Waals surface area contributed by atoms with E-state index in [-0.39, 0.29) is 11.8 Å². The van der Waals surface area contributed by atoms with Crippen molar-refractivity contribution in [1.29, 1.82) is 0 Å². The monoisotopic (exact) mass is 462 g/mol. The lowest BCUT2D eigenvalue weighted by atomic mass is 10.0. The summed E-state index contributed by atoms with van der Waals surface area (Å²) in [4.78, 5) is 32.6.